The number of anilines is 1. The number of pyridine rings is 1. The van der Waals surface area contributed by atoms with Crippen LogP contribution >= 0.6 is 0 Å². The summed E-state index contributed by atoms with van der Waals surface area (Å²) in [4.78, 5) is 21.2. The summed E-state index contributed by atoms with van der Waals surface area (Å²) in [6.45, 7) is 0.665. The van der Waals surface area contributed by atoms with Gasteiger partial charge in [-0.05, 0) is 25.3 Å². The fraction of sp³-hybridized carbons (Fsp3) is 0.588. The minimum Gasteiger partial charge on any atom is -0.351 e. The Labute approximate surface area is 153 Å². The summed E-state index contributed by atoms with van der Waals surface area (Å²) in [5.41, 5.74) is 0.421. The molecule has 8 nitrogen and oxygen atoms in total. The fourth-order valence-electron chi connectivity index (χ4n) is 3.28. The second-order valence-corrected chi connectivity index (χ2v) is 8.63. The predicted octanol–water partition coefficient (Wildman–Crippen LogP) is 1.48. The van der Waals surface area contributed by atoms with Crippen molar-refractivity contribution in [1.82, 2.24) is 19.3 Å². The van der Waals surface area contributed by atoms with E-state index in [9.17, 15) is 13.2 Å². The Morgan fingerprint density at radius 2 is 2.00 bits per heavy atom. The molecule has 2 N–H and O–H groups in total. The van der Waals surface area contributed by atoms with Gasteiger partial charge in [-0.25, -0.2) is 18.1 Å². The second kappa shape index (κ2) is 8.13. The number of aryl methyl sites for hydroxylation is 1. The van der Waals surface area contributed by atoms with Gasteiger partial charge in [-0.2, -0.15) is 4.98 Å². The van der Waals surface area contributed by atoms with Gasteiger partial charge in [-0.15, -0.1) is 0 Å². The molecule has 1 saturated carbocycles. The Morgan fingerprint density at radius 3 is 2.73 bits per heavy atom. The fourth-order valence-corrected chi connectivity index (χ4v) is 3.80. The number of hydrogen-bond acceptors (Lipinski definition) is 6. The molecule has 2 heterocycles. The molecule has 0 atom stereocenters. The van der Waals surface area contributed by atoms with E-state index in [1.807, 2.05) is 0 Å². The molecule has 0 bridgehead atoms. The Hall–Kier alpha value is -2.00. The van der Waals surface area contributed by atoms with Crippen molar-refractivity contribution in [2.45, 2.75) is 51.1 Å². The van der Waals surface area contributed by atoms with Crippen molar-refractivity contribution in [3.63, 3.8) is 0 Å². The molecular formula is C17H25N5O3S. The molecule has 1 aliphatic carbocycles. The van der Waals surface area contributed by atoms with E-state index in [1.165, 1.54) is 25.3 Å². The number of nitrogens with zero attached hydrogens (tertiary/aromatic N) is 3. The maximum absolute atomic E-state index is 12.3. The minimum atomic E-state index is -3.23. The van der Waals surface area contributed by atoms with E-state index in [1.54, 1.807) is 16.8 Å². The van der Waals surface area contributed by atoms with Crippen LogP contribution in [-0.4, -0.2) is 41.8 Å². The predicted molar refractivity (Wildman–Crippen MR) is 102 cm³/mol. The van der Waals surface area contributed by atoms with Crippen LogP contribution in [0.1, 0.15) is 38.5 Å². The van der Waals surface area contributed by atoms with E-state index in [0.717, 1.165) is 24.5 Å². The third-order valence-corrected chi connectivity index (χ3v) is 5.31. The van der Waals surface area contributed by atoms with Gasteiger partial charge >= 0.3 is 0 Å². The first-order chi connectivity index (χ1) is 12.4. The van der Waals surface area contributed by atoms with E-state index < -0.39 is 10.0 Å². The highest BCUT2D eigenvalue weighted by molar-refractivity contribution is 7.88. The highest BCUT2D eigenvalue weighted by atomic mass is 32.2. The van der Waals surface area contributed by atoms with Crippen LogP contribution in [0.5, 0.6) is 0 Å². The van der Waals surface area contributed by atoms with Crippen molar-refractivity contribution in [3.8, 4) is 0 Å². The van der Waals surface area contributed by atoms with Gasteiger partial charge in [-0.1, -0.05) is 19.3 Å². The molecule has 3 rings (SSSR count). The first kappa shape index (κ1) is 18.8. The van der Waals surface area contributed by atoms with Gasteiger partial charge in [-0.3, -0.25) is 9.36 Å². The molecule has 2 aromatic heterocycles. The molecular weight excluding hydrogens is 354 g/mol. The maximum atomic E-state index is 12.3. The van der Waals surface area contributed by atoms with Gasteiger partial charge in [0.05, 0.1) is 6.26 Å². The molecule has 2 aromatic rings. The Kier molecular flexibility index (Phi) is 5.87. The molecule has 9 heteroatoms. The van der Waals surface area contributed by atoms with Crippen molar-refractivity contribution in [1.29, 1.82) is 0 Å². The number of rotatable bonds is 7. The minimum absolute atomic E-state index is 0.154. The quantitative estimate of drug-likeness (QED) is 0.706. The van der Waals surface area contributed by atoms with Crippen molar-refractivity contribution in [2.24, 2.45) is 0 Å². The molecule has 0 spiro atoms. The third kappa shape index (κ3) is 5.01. The standard InChI is InChI=1S/C17H25N5O3S/c1-26(24,25)19-10-5-11-22-15(23)9-8-13-12-18-17(21-16(13)22)20-14-6-3-2-4-7-14/h8-9,12,14,19H,2-7,10-11H2,1H3,(H,18,20,21). The monoisotopic (exact) mass is 379 g/mol. The summed E-state index contributed by atoms with van der Waals surface area (Å²) >= 11 is 0. The summed E-state index contributed by atoms with van der Waals surface area (Å²) in [7, 11) is -3.23. The highest BCUT2D eigenvalue weighted by Crippen LogP contribution is 2.20. The van der Waals surface area contributed by atoms with Crippen molar-refractivity contribution >= 4 is 27.0 Å². The molecule has 0 radical (unpaired) electrons. The summed E-state index contributed by atoms with van der Waals surface area (Å²) in [6, 6.07) is 3.58. The lowest BCUT2D eigenvalue weighted by Crippen LogP contribution is -2.27. The molecule has 0 unspecified atom stereocenters. The van der Waals surface area contributed by atoms with Crippen LogP contribution in [0.2, 0.25) is 0 Å². The lowest BCUT2D eigenvalue weighted by atomic mass is 9.96. The zero-order valence-electron chi connectivity index (χ0n) is 14.9. The summed E-state index contributed by atoms with van der Waals surface area (Å²) in [5.74, 6) is 0.540. The number of aromatic nitrogens is 3. The lowest BCUT2D eigenvalue weighted by molar-refractivity contribution is 0.461. The van der Waals surface area contributed by atoms with Gasteiger partial charge in [0, 0.05) is 36.8 Å². The van der Waals surface area contributed by atoms with Crippen LogP contribution in [0.25, 0.3) is 11.0 Å². The first-order valence-electron chi connectivity index (χ1n) is 9.00. The maximum Gasteiger partial charge on any atom is 0.252 e. The normalized spacial score (nSPS) is 16.0. The average Bonchev–Trinajstić information content (AvgIpc) is 2.60. The van der Waals surface area contributed by atoms with Gasteiger partial charge in [0.25, 0.3) is 5.56 Å². The highest BCUT2D eigenvalue weighted by Gasteiger charge is 2.15. The Bertz CT molecular complexity index is 920. The van der Waals surface area contributed by atoms with E-state index in [0.29, 0.717) is 30.6 Å². The summed E-state index contributed by atoms with van der Waals surface area (Å²) in [5, 5.41) is 4.16. The van der Waals surface area contributed by atoms with Gasteiger partial charge < -0.3 is 5.32 Å². The summed E-state index contributed by atoms with van der Waals surface area (Å²) < 4.78 is 26.3. The van der Waals surface area contributed by atoms with Gasteiger partial charge in [0.1, 0.15) is 5.65 Å². The van der Waals surface area contributed by atoms with E-state index in [2.05, 4.69) is 20.0 Å². The average molecular weight is 379 g/mol. The van der Waals surface area contributed by atoms with Crippen molar-refractivity contribution in [2.75, 3.05) is 18.1 Å². The topological polar surface area (TPSA) is 106 Å². The van der Waals surface area contributed by atoms with Crippen LogP contribution < -0.4 is 15.6 Å². The van der Waals surface area contributed by atoms with Crippen LogP contribution in [0, 0.1) is 0 Å². The first-order valence-corrected chi connectivity index (χ1v) is 10.9. The molecule has 26 heavy (non-hydrogen) atoms. The zero-order valence-corrected chi connectivity index (χ0v) is 15.8. The number of nitrogens with one attached hydrogen (secondary N) is 2. The largest absolute Gasteiger partial charge is 0.351 e. The van der Waals surface area contributed by atoms with Crippen molar-refractivity contribution in [3.05, 3.63) is 28.7 Å². The molecule has 0 aromatic carbocycles. The zero-order chi connectivity index (χ0) is 18.6. The van der Waals surface area contributed by atoms with Gasteiger partial charge in [0.15, 0.2) is 0 Å². The number of fused-ring (bicyclic) bond motifs is 1. The Balaban J connectivity index is 1.78. The van der Waals surface area contributed by atoms with E-state index in [-0.39, 0.29) is 12.1 Å². The molecule has 1 aliphatic rings. The third-order valence-electron chi connectivity index (χ3n) is 4.58. The lowest BCUT2D eigenvalue weighted by Gasteiger charge is -2.22. The summed E-state index contributed by atoms with van der Waals surface area (Å²) in [6.07, 6.45) is 9.26. The van der Waals surface area contributed by atoms with Crippen molar-refractivity contribution < 1.29 is 8.42 Å². The molecule has 0 aliphatic heterocycles. The van der Waals surface area contributed by atoms with Crippen LogP contribution in [0.4, 0.5) is 5.95 Å². The van der Waals surface area contributed by atoms with E-state index >= 15 is 0 Å². The molecule has 142 valence electrons. The van der Waals surface area contributed by atoms with Crippen LogP contribution in [-0.2, 0) is 16.6 Å². The molecule has 0 amide bonds. The molecule has 1 fully saturated rings. The second-order valence-electron chi connectivity index (χ2n) is 6.80. The smallest absolute Gasteiger partial charge is 0.252 e. The SMILES string of the molecule is CS(=O)(=O)NCCCn1c(=O)ccc2cnc(NC3CCCCC3)nc21. The Morgan fingerprint density at radius 1 is 1.23 bits per heavy atom. The number of hydrogen-bond donors (Lipinski definition) is 2. The van der Waals surface area contributed by atoms with Gasteiger partial charge in [0.2, 0.25) is 16.0 Å². The van der Waals surface area contributed by atoms with Crippen LogP contribution in [0.3, 0.4) is 0 Å². The number of sulfonamides is 1. The van der Waals surface area contributed by atoms with E-state index in [4.69, 9.17) is 0 Å². The van der Waals surface area contributed by atoms with Crippen LogP contribution in [0.15, 0.2) is 23.1 Å². The molecule has 0 saturated heterocycles.